The molecule has 1 aliphatic rings. The summed E-state index contributed by atoms with van der Waals surface area (Å²) in [5.41, 5.74) is 7.70. The summed E-state index contributed by atoms with van der Waals surface area (Å²) in [6, 6.07) is 10.7. The van der Waals surface area contributed by atoms with Gasteiger partial charge in [0.2, 0.25) is 5.91 Å². The number of pyridine rings is 1. The highest BCUT2D eigenvalue weighted by Gasteiger charge is 2.45. The number of aliphatic carboxylic acids is 1. The van der Waals surface area contributed by atoms with Gasteiger partial charge in [0.05, 0.1) is 17.5 Å². The normalized spacial score (nSPS) is 17.2. The molecule has 39 heavy (non-hydrogen) atoms. The first-order valence-corrected chi connectivity index (χ1v) is 11.9. The molecule has 3 aromatic rings. The number of aromatic nitrogens is 1. The van der Waals surface area contributed by atoms with Crippen LogP contribution < -0.4 is 21.9 Å². The average molecular weight is 547 g/mol. The number of amides is 2. The molecule has 2 atom stereocenters. The molecule has 0 radical (unpaired) electrons. The van der Waals surface area contributed by atoms with Gasteiger partial charge in [0.15, 0.2) is 0 Å². The van der Waals surface area contributed by atoms with Crippen molar-refractivity contribution in [2.45, 2.75) is 31.5 Å². The monoisotopic (exact) mass is 546 g/mol. The Morgan fingerprint density at radius 2 is 1.85 bits per heavy atom. The number of H-pyrrole nitrogens is 1. The number of hydrogen-bond donors (Lipinski definition) is 4. The summed E-state index contributed by atoms with van der Waals surface area (Å²) >= 11 is 0. The molecule has 0 spiro atoms. The van der Waals surface area contributed by atoms with Gasteiger partial charge in [0.1, 0.15) is 6.10 Å². The number of carboxylic acids is 1. The van der Waals surface area contributed by atoms with E-state index >= 15 is 0 Å². The van der Waals surface area contributed by atoms with Crippen LogP contribution in [-0.2, 0) is 20.5 Å². The van der Waals surface area contributed by atoms with E-state index in [-0.39, 0.29) is 48.3 Å². The van der Waals surface area contributed by atoms with Gasteiger partial charge in [-0.15, -0.1) is 0 Å². The molecule has 1 unspecified atom stereocenters. The maximum absolute atomic E-state index is 13.5. The topological polar surface area (TPSA) is 169 Å². The van der Waals surface area contributed by atoms with E-state index in [0.717, 1.165) is 6.07 Å². The number of nitrogens with zero attached hydrogens (tertiary/aromatic N) is 1. The lowest BCUT2D eigenvalue weighted by Crippen LogP contribution is -2.41. The van der Waals surface area contributed by atoms with E-state index in [1.165, 1.54) is 47.4 Å². The fraction of sp³-hybridized carbons (Fsp3) is 0.308. The summed E-state index contributed by atoms with van der Waals surface area (Å²) in [4.78, 5) is 52.8. The molecule has 0 bridgehead atoms. The molecule has 6 N–H and O–H groups in total. The molecule has 2 aromatic carbocycles. The second kappa shape index (κ2) is 10.4. The van der Waals surface area contributed by atoms with Crippen LogP contribution in [0.15, 0.2) is 53.3 Å². The van der Waals surface area contributed by atoms with E-state index < -0.39 is 53.2 Å². The third kappa shape index (κ3) is 5.58. The third-order valence-electron chi connectivity index (χ3n) is 6.75. The first kappa shape index (κ1) is 27.6. The number of carbonyl (C=O) groups is 3. The van der Waals surface area contributed by atoms with Crippen LogP contribution >= 0.6 is 0 Å². The fourth-order valence-corrected chi connectivity index (χ4v) is 4.94. The number of fused-ring (bicyclic) bond motifs is 1. The predicted octanol–water partition coefficient (Wildman–Crippen LogP) is 3.22. The fourth-order valence-electron chi connectivity index (χ4n) is 4.94. The number of cyclic esters (lactones) is 1. The molecule has 1 aliphatic heterocycles. The standard InChI is InChI=1S/C26H25F3N4O6/c27-26(28,29)19-4-2-1-3-17(19)20-9-14-5-6-15(10-18(14)22(35)32-20)33-13-16(39-24(33)38)11-25(7-8-30,23(36)37)12-21(31)34/h1-6,9-10,16H,7-8,11-13,30H2,(H2,31,34)(H,32,35)(H,36,37)/t16?,25-/m1/s1. The Labute approximate surface area is 219 Å². The van der Waals surface area contributed by atoms with Crippen molar-refractivity contribution in [3.63, 3.8) is 0 Å². The van der Waals surface area contributed by atoms with Crippen LogP contribution in [0, 0.1) is 5.41 Å². The van der Waals surface area contributed by atoms with Gasteiger partial charge >= 0.3 is 18.2 Å². The number of nitrogens with two attached hydrogens (primary N) is 2. The quantitative estimate of drug-likeness (QED) is 0.319. The van der Waals surface area contributed by atoms with Crippen molar-refractivity contribution in [1.29, 1.82) is 0 Å². The highest BCUT2D eigenvalue weighted by atomic mass is 19.4. The lowest BCUT2D eigenvalue weighted by molar-refractivity contribution is -0.153. The molecule has 1 aromatic heterocycles. The number of primary amides is 1. The molecule has 2 amide bonds. The van der Waals surface area contributed by atoms with Crippen molar-refractivity contribution in [2.24, 2.45) is 16.9 Å². The van der Waals surface area contributed by atoms with Crippen LogP contribution in [0.5, 0.6) is 0 Å². The number of carboxylic acid groups (broad SMARTS) is 1. The number of anilines is 1. The van der Waals surface area contributed by atoms with E-state index in [2.05, 4.69) is 4.98 Å². The molecule has 2 heterocycles. The second-order valence-corrected chi connectivity index (χ2v) is 9.41. The van der Waals surface area contributed by atoms with Crippen molar-refractivity contribution in [3.8, 4) is 11.3 Å². The van der Waals surface area contributed by atoms with Gasteiger partial charge in [-0.3, -0.25) is 19.3 Å². The Morgan fingerprint density at radius 3 is 2.49 bits per heavy atom. The molecule has 0 saturated carbocycles. The number of halogens is 3. The number of benzene rings is 2. The van der Waals surface area contributed by atoms with Crippen molar-refractivity contribution < 1.29 is 37.4 Å². The van der Waals surface area contributed by atoms with Crippen LogP contribution in [0.2, 0.25) is 0 Å². The Kier molecular flexibility index (Phi) is 7.37. The van der Waals surface area contributed by atoms with Gasteiger partial charge in [-0.25, -0.2) is 4.79 Å². The number of hydrogen-bond acceptors (Lipinski definition) is 6. The van der Waals surface area contributed by atoms with Gasteiger partial charge in [0.25, 0.3) is 5.56 Å². The number of alkyl halides is 3. The molecule has 13 heteroatoms. The van der Waals surface area contributed by atoms with Gasteiger partial charge in [-0.05, 0) is 42.6 Å². The smallest absolute Gasteiger partial charge is 0.417 e. The summed E-state index contributed by atoms with van der Waals surface area (Å²) in [7, 11) is 0. The minimum absolute atomic E-state index is 0.0202. The number of ether oxygens (including phenoxy) is 1. The van der Waals surface area contributed by atoms with E-state index in [1.807, 2.05) is 0 Å². The third-order valence-corrected chi connectivity index (χ3v) is 6.75. The maximum atomic E-state index is 13.5. The summed E-state index contributed by atoms with van der Waals surface area (Å²) in [6.07, 6.45) is -7.09. The zero-order chi connectivity index (χ0) is 28.5. The highest BCUT2D eigenvalue weighted by Crippen LogP contribution is 2.38. The van der Waals surface area contributed by atoms with Crippen molar-refractivity contribution in [1.82, 2.24) is 4.98 Å². The lowest BCUT2D eigenvalue weighted by atomic mass is 9.76. The van der Waals surface area contributed by atoms with Gasteiger partial charge < -0.3 is 26.3 Å². The number of aromatic amines is 1. The largest absolute Gasteiger partial charge is 0.481 e. The van der Waals surface area contributed by atoms with E-state index in [1.54, 1.807) is 0 Å². The van der Waals surface area contributed by atoms with E-state index in [9.17, 15) is 37.5 Å². The molecule has 0 aliphatic carbocycles. The van der Waals surface area contributed by atoms with Gasteiger partial charge in [-0.2, -0.15) is 13.2 Å². The van der Waals surface area contributed by atoms with Crippen LogP contribution in [0.25, 0.3) is 22.0 Å². The van der Waals surface area contributed by atoms with Crippen LogP contribution in [0.3, 0.4) is 0 Å². The summed E-state index contributed by atoms with van der Waals surface area (Å²) in [5.74, 6) is -2.13. The zero-order valence-electron chi connectivity index (χ0n) is 20.5. The van der Waals surface area contributed by atoms with Crippen molar-refractivity contribution >= 4 is 34.4 Å². The average Bonchev–Trinajstić information content (AvgIpc) is 3.22. The SMILES string of the molecule is NCC[C@](CC(N)=O)(CC1CN(c2ccc3cc(-c4ccccc4C(F)(F)F)[nH]c(=O)c3c2)C(=O)O1)C(=O)O. The second-order valence-electron chi connectivity index (χ2n) is 9.41. The summed E-state index contributed by atoms with van der Waals surface area (Å²) < 4.78 is 45.8. The first-order valence-electron chi connectivity index (χ1n) is 11.9. The van der Waals surface area contributed by atoms with E-state index in [4.69, 9.17) is 16.2 Å². The summed E-state index contributed by atoms with van der Waals surface area (Å²) in [6.45, 7) is -0.107. The molecule has 1 saturated heterocycles. The Morgan fingerprint density at radius 1 is 1.13 bits per heavy atom. The Hall–Kier alpha value is -4.39. The number of rotatable bonds is 9. The van der Waals surface area contributed by atoms with Crippen LogP contribution in [-0.4, -0.2) is 47.3 Å². The molecule has 10 nitrogen and oxygen atoms in total. The molecule has 206 valence electrons. The first-order chi connectivity index (χ1) is 18.3. The molecular formula is C26H25F3N4O6. The van der Waals surface area contributed by atoms with Crippen LogP contribution in [0.4, 0.5) is 23.7 Å². The van der Waals surface area contributed by atoms with Crippen LogP contribution in [0.1, 0.15) is 24.8 Å². The Bertz CT molecular complexity index is 1510. The minimum Gasteiger partial charge on any atom is -0.481 e. The maximum Gasteiger partial charge on any atom is 0.417 e. The number of nitrogens with one attached hydrogen (secondary N) is 1. The Balaban J connectivity index is 1.64. The highest BCUT2D eigenvalue weighted by molar-refractivity contribution is 5.95. The molecular weight excluding hydrogens is 521 g/mol. The number of carbonyl (C=O) groups excluding carboxylic acids is 2. The molecule has 4 rings (SSSR count). The van der Waals surface area contributed by atoms with Crippen molar-refractivity contribution in [2.75, 3.05) is 18.0 Å². The van der Waals surface area contributed by atoms with Gasteiger partial charge in [-0.1, -0.05) is 24.3 Å². The van der Waals surface area contributed by atoms with Gasteiger partial charge in [0, 0.05) is 35.2 Å². The predicted molar refractivity (Wildman–Crippen MR) is 135 cm³/mol. The summed E-state index contributed by atoms with van der Waals surface area (Å²) in [5, 5.41) is 10.3. The lowest BCUT2D eigenvalue weighted by Gasteiger charge is -2.29. The molecule has 1 fully saturated rings. The minimum atomic E-state index is -4.63. The zero-order valence-corrected chi connectivity index (χ0v) is 20.5. The van der Waals surface area contributed by atoms with E-state index in [0.29, 0.717) is 5.39 Å². The van der Waals surface area contributed by atoms with Crippen molar-refractivity contribution in [3.05, 3.63) is 64.4 Å².